The minimum Gasteiger partial charge on any atom is -0.333 e. The molecule has 0 amide bonds. The van der Waals surface area contributed by atoms with Crippen LogP contribution in [0.25, 0.3) is 0 Å². The van der Waals surface area contributed by atoms with Gasteiger partial charge in [-0.15, -0.1) is 0 Å². The van der Waals surface area contributed by atoms with Crippen LogP contribution in [0.4, 0.5) is 17.2 Å². The van der Waals surface area contributed by atoms with Crippen molar-refractivity contribution in [3.05, 3.63) is 51.9 Å². The largest absolute Gasteiger partial charge is 0.333 e. The Bertz CT molecular complexity index is 544. The van der Waals surface area contributed by atoms with E-state index in [1.807, 2.05) is 0 Å². The Balaban J connectivity index is 2.30. The van der Waals surface area contributed by atoms with E-state index in [0.29, 0.717) is 10.8 Å². The number of nitrogens with zero attached hydrogens (tertiary/aromatic N) is 3. The molecule has 0 aromatic carbocycles. The smallest absolute Gasteiger partial charge is 0.311 e. The van der Waals surface area contributed by atoms with Crippen molar-refractivity contribution in [1.82, 2.24) is 9.97 Å². The Kier molecular flexibility index (Phi) is 3.15. The Hall–Kier alpha value is -2.21. The molecule has 2 rings (SSSR count). The Morgan fingerprint density at radius 3 is 2.76 bits per heavy atom. The molecule has 1 N–H and O–H groups in total. The molecule has 0 atom stereocenters. The van der Waals surface area contributed by atoms with E-state index < -0.39 is 4.92 Å². The zero-order valence-corrected chi connectivity index (χ0v) is 9.26. The van der Waals surface area contributed by atoms with Gasteiger partial charge in [0.15, 0.2) is 0 Å². The monoisotopic (exact) mass is 250 g/mol. The quantitative estimate of drug-likeness (QED) is 0.515. The van der Waals surface area contributed by atoms with Gasteiger partial charge in [0.25, 0.3) is 0 Å². The van der Waals surface area contributed by atoms with Crippen molar-refractivity contribution in [2.75, 3.05) is 5.32 Å². The van der Waals surface area contributed by atoms with E-state index in [9.17, 15) is 10.1 Å². The van der Waals surface area contributed by atoms with Gasteiger partial charge in [0, 0.05) is 12.3 Å². The first-order valence-corrected chi connectivity index (χ1v) is 5.02. The van der Waals surface area contributed by atoms with Crippen LogP contribution >= 0.6 is 11.6 Å². The third-order valence-corrected chi connectivity index (χ3v) is 2.20. The summed E-state index contributed by atoms with van der Waals surface area (Å²) >= 11 is 5.63. The maximum Gasteiger partial charge on any atom is 0.311 e. The van der Waals surface area contributed by atoms with Crippen LogP contribution in [0.2, 0.25) is 5.15 Å². The molecule has 0 aliphatic heterocycles. The number of halogens is 1. The molecule has 0 spiro atoms. The number of hydrogen-bond donors (Lipinski definition) is 1. The van der Waals surface area contributed by atoms with E-state index in [2.05, 4.69) is 15.3 Å². The fourth-order valence-electron chi connectivity index (χ4n) is 1.23. The standard InChI is InChI=1S/C10H7ClN4O2/c11-9-4-3-7(6-13-9)14-10-8(15(16)17)2-1-5-12-10/h1-6H,(H,12,14). The minimum atomic E-state index is -0.501. The fourth-order valence-corrected chi connectivity index (χ4v) is 1.34. The lowest BCUT2D eigenvalue weighted by molar-refractivity contribution is -0.384. The highest BCUT2D eigenvalue weighted by Gasteiger charge is 2.13. The Morgan fingerprint density at radius 1 is 1.29 bits per heavy atom. The maximum absolute atomic E-state index is 10.8. The van der Waals surface area contributed by atoms with Crippen LogP contribution in [0.15, 0.2) is 36.7 Å². The second-order valence-corrected chi connectivity index (χ2v) is 3.51. The number of hydrogen-bond acceptors (Lipinski definition) is 5. The van der Waals surface area contributed by atoms with Gasteiger partial charge in [-0.3, -0.25) is 10.1 Å². The first-order chi connectivity index (χ1) is 8.16. The predicted molar refractivity (Wildman–Crippen MR) is 63.4 cm³/mol. The van der Waals surface area contributed by atoms with Gasteiger partial charge >= 0.3 is 5.69 Å². The molecule has 0 bridgehead atoms. The fraction of sp³-hybridized carbons (Fsp3) is 0. The molecule has 2 aromatic rings. The summed E-state index contributed by atoms with van der Waals surface area (Å²) in [5.41, 5.74) is 0.485. The van der Waals surface area contributed by atoms with Crippen molar-refractivity contribution in [3.8, 4) is 0 Å². The molecule has 0 aliphatic carbocycles. The minimum absolute atomic E-state index is 0.0950. The number of nitrogens with one attached hydrogen (secondary N) is 1. The van der Waals surface area contributed by atoms with E-state index >= 15 is 0 Å². The van der Waals surface area contributed by atoms with Crippen LogP contribution in [0, 0.1) is 10.1 Å². The van der Waals surface area contributed by atoms with Crippen LogP contribution in [-0.4, -0.2) is 14.9 Å². The zero-order valence-electron chi connectivity index (χ0n) is 8.50. The number of rotatable bonds is 3. The second-order valence-electron chi connectivity index (χ2n) is 3.12. The van der Waals surface area contributed by atoms with Gasteiger partial charge in [0.2, 0.25) is 5.82 Å². The molecule has 0 fully saturated rings. The molecular formula is C10H7ClN4O2. The molecule has 6 nitrogen and oxygen atoms in total. The third kappa shape index (κ3) is 2.67. The first-order valence-electron chi connectivity index (χ1n) is 4.65. The highest BCUT2D eigenvalue weighted by atomic mass is 35.5. The van der Waals surface area contributed by atoms with Crippen molar-refractivity contribution in [3.63, 3.8) is 0 Å². The first kappa shape index (κ1) is 11.3. The molecule has 0 saturated carbocycles. The highest BCUT2D eigenvalue weighted by molar-refractivity contribution is 6.29. The lowest BCUT2D eigenvalue weighted by Crippen LogP contribution is -1.99. The van der Waals surface area contributed by atoms with Crippen LogP contribution in [0.5, 0.6) is 0 Å². The third-order valence-electron chi connectivity index (χ3n) is 1.97. The van der Waals surface area contributed by atoms with E-state index in [-0.39, 0.29) is 11.5 Å². The molecule has 17 heavy (non-hydrogen) atoms. The molecule has 0 radical (unpaired) electrons. The topological polar surface area (TPSA) is 81.0 Å². The Morgan fingerprint density at radius 2 is 2.12 bits per heavy atom. The SMILES string of the molecule is O=[N+]([O-])c1cccnc1Nc1ccc(Cl)nc1. The van der Waals surface area contributed by atoms with Crippen molar-refractivity contribution in [1.29, 1.82) is 0 Å². The number of pyridine rings is 2. The summed E-state index contributed by atoms with van der Waals surface area (Å²) in [6.45, 7) is 0. The number of nitro groups is 1. The van der Waals surface area contributed by atoms with Gasteiger partial charge in [0.1, 0.15) is 5.15 Å². The summed E-state index contributed by atoms with van der Waals surface area (Å²) in [6, 6.07) is 6.12. The molecule has 86 valence electrons. The average molecular weight is 251 g/mol. The van der Waals surface area contributed by atoms with Crippen LogP contribution in [0.1, 0.15) is 0 Å². The number of aromatic nitrogens is 2. The summed E-state index contributed by atoms with van der Waals surface area (Å²) < 4.78 is 0. The van der Waals surface area contributed by atoms with Crippen molar-refractivity contribution in [2.45, 2.75) is 0 Å². The van der Waals surface area contributed by atoms with E-state index in [1.165, 1.54) is 24.5 Å². The molecule has 2 aromatic heterocycles. The summed E-state index contributed by atoms with van der Waals surface area (Å²) in [6.07, 6.45) is 2.94. The Labute approximate surface area is 101 Å². The van der Waals surface area contributed by atoms with Crippen molar-refractivity contribution < 1.29 is 4.92 Å². The predicted octanol–water partition coefficient (Wildman–Crippen LogP) is 2.78. The summed E-state index contributed by atoms with van der Waals surface area (Å²) in [5, 5.41) is 13.9. The van der Waals surface area contributed by atoms with E-state index in [4.69, 9.17) is 11.6 Å². The molecule has 0 unspecified atom stereocenters. The van der Waals surface area contributed by atoms with Gasteiger partial charge in [-0.25, -0.2) is 9.97 Å². The molecular weight excluding hydrogens is 244 g/mol. The summed E-state index contributed by atoms with van der Waals surface area (Å²) in [5.74, 6) is 0.168. The maximum atomic E-state index is 10.8. The van der Waals surface area contributed by atoms with Crippen LogP contribution in [-0.2, 0) is 0 Å². The van der Waals surface area contributed by atoms with Gasteiger partial charge in [-0.2, -0.15) is 0 Å². The number of anilines is 2. The van der Waals surface area contributed by atoms with Gasteiger partial charge in [-0.05, 0) is 18.2 Å². The lowest BCUT2D eigenvalue weighted by Gasteiger charge is -2.04. The summed E-state index contributed by atoms with van der Waals surface area (Å²) in [4.78, 5) is 18.0. The zero-order chi connectivity index (χ0) is 12.3. The lowest BCUT2D eigenvalue weighted by atomic mass is 10.3. The molecule has 2 heterocycles. The van der Waals surface area contributed by atoms with Gasteiger partial charge < -0.3 is 5.32 Å². The molecule has 0 saturated heterocycles. The van der Waals surface area contributed by atoms with E-state index in [0.717, 1.165) is 0 Å². The highest BCUT2D eigenvalue weighted by Crippen LogP contribution is 2.24. The second kappa shape index (κ2) is 4.75. The molecule has 0 aliphatic rings. The average Bonchev–Trinajstić information content (AvgIpc) is 2.32. The summed E-state index contributed by atoms with van der Waals surface area (Å²) in [7, 11) is 0. The molecule has 7 heteroatoms. The van der Waals surface area contributed by atoms with E-state index in [1.54, 1.807) is 12.1 Å². The van der Waals surface area contributed by atoms with Crippen molar-refractivity contribution >= 4 is 28.8 Å². The van der Waals surface area contributed by atoms with Gasteiger partial charge in [0.05, 0.1) is 16.8 Å². The van der Waals surface area contributed by atoms with Crippen LogP contribution in [0.3, 0.4) is 0 Å². The van der Waals surface area contributed by atoms with Gasteiger partial charge in [-0.1, -0.05) is 11.6 Å². The van der Waals surface area contributed by atoms with Crippen molar-refractivity contribution in [2.24, 2.45) is 0 Å². The van der Waals surface area contributed by atoms with Crippen LogP contribution < -0.4 is 5.32 Å². The normalized spacial score (nSPS) is 9.94.